The monoisotopic (exact) mass is 423 g/mol. The molecule has 0 saturated carbocycles. The number of sulfone groups is 1. The number of hydrogen-bond donors (Lipinski definition) is 0. The summed E-state index contributed by atoms with van der Waals surface area (Å²) in [6, 6.07) is 16.1. The summed E-state index contributed by atoms with van der Waals surface area (Å²) in [5, 5.41) is 1.01. The molecular weight excluding hydrogens is 402 g/mol. The van der Waals surface area contributed by atoms with Gasteiger partial charge in [0.1, 0.15) is 0 Å². The Morgan fingerprint density at radius 1 is 1.07 bits per heavy atom. The quantitative estimate of drug-likeness (QED) is 0.722. The minimum Gasteiger partial charge on any atom is -0.342 e. The second-order valence-corrected chi connectivity index (χ2v) is 10.3. The average Bonchev–Trinajstić information content (AvgIpc) is 2.93. The third-order valence-electron chi connectivity index (χ3n) is 4.63. The van der Waals surface area contributed by atoms with Gasteiger partial charge in [-0.1, -0.05) is 48.0 Å². The molecule has 1 saturated heterocycles. The van der Waals surface area contributed by atoms with Crippen LogP contribution in [0.25, 0.3) is 0 Å². The van der Waals surface area contributed by atoms with Crippen molar-refractivity contribution in [2.24, 2.45) is 0 Å². The molecule has 1 fully saturated rings. The predicted octanol–water partition coefficient (Wildman–Crippen LogP) is 4.21. The minimum absolute atomic E-state index is 0.0126. The summed E-state index contributed by atoms with van der Waals surface area (Å²) in [5.74, 6) is 0.551. The van der Waals surface area contributed by atoms with E-state index < -0.39 is 9.84 Å². The van der Waals surface area contributed by atoms with Gasteiger partial charge in [0.25, 0.3) is 0 Å². The number of benzene rings is 2. The van der Waals surface area contributed by atoms with Crippen molar-refractivity contribution in [2.45, 2.75) is 23.0 Å². The lowest BCUT2D eigenvalue weighted by Gasteiger charge is -2.20. The van der Waals surface area contributed by atoms with E-state index in [1.807, 2.05) is 24.3 Å². The number of nitrogens with zero attached hydrogens (tertiary/aromatic N) is 1. The van der Waals surface area contributed by atoms with Crippen molar-refractivity contribution in [3.8, 4) is 0 Å². The summed E-state index contributed by atoms with van der Waals surface area (Å²) >= 11 is 8.10. The molecule has 1 heterocycles. The summed E-state index contributed by atoms with van der Waals surface area (Å²) < 4.78 is 24.7. The fourth-order valence-corrected chi connectivity index (χ4v) is 5.98. The summed E-state index contributed by atoms with van der Waals surface area (Å²) in [5.41, 5.74) is 1.10. The van der Waals surface area contributed by atoms with Gasteiger partial charge in [-0.2, -0.15) is 11.8 Å². The minimum atomic E-state index is -3.43. The summed E-state index contributed by atoms with van der Waals surface area (Å²) in [4.78, 5) is 14.6. The number of thioether (sulfide) groups is 1. The normalized spacial score (nSPS) is 18.1. The highest BCUT2D eigenvalue weighted by molar-refractivity contribution is 7.99. The largest absolute Gasteiger partial charge is 0.342 e. The Balaban J connectivity index is 1.58. The van der Waals surface area contributed by atoms with Gasteiger partial charge < -0.3 is 4.90 Å². The van der Waals surface area contributed by atoms with E-state index >= 15 is 0 Å². The molecule has 4 nitrogen and oxygen atoms in total. The van der Waals surface area contributed by atoms with Crippen molar-refractivity contribution < 1.29 is 13.2 Å². The number of rotatable bonds is 5. The predicted molar refractivity (Wildman–Crippen MR) is 111 cm³/mol. The Morgan fingerprint density at radius 2 is 1.78 bits per heavy atom. The SMILES string of the molecule is O=C(CCS(=O)(=O)c1ccccc1)N1CCS[C@H](c2ccccc2Cl)CC1. The standard InChI is InChI=1S/C20H22ClNO3S2/c21-18-9-5-4-8-17(18)19-10-12-22(13-14-26-19)20(23)11-15-27(24,25)16-6-2-1-3-7-16/h1-9,19H,10-15H2/t19-/m0/s1. The molecule has 1 aliphatic heterocycles. The molecule has 1 aliphatic rings. The van der Waals surface area contributed by atoms with Crippen LogP contribution in [0, 0.1) is 0 Å². The van der Waals surface area contributed by atoms with Crippen LogP contribution < -0.4 is 0 Å². The van der Waals surface area contributed by atoms with E-state index in [0.29, 0.717) is 13.1 Å². The van der Waals surface area contributed by atoms with Crippen molar-refractivity contribution >= 4 is 39.1 Å². The molecule has 2 aromatic carbocycles. The second kappa shape index (κ2) is 9.13. The Kier molecular flexibility index (Phi) is 6.84. The van der Waals surface area contributed by atoms with Gasteiger partial charge in [0.15, 0.2) is 9.84 Å². The smallest absolute Gasteiger partial charge is 0.223 e. The van der Waals surface area contributed by atoms with Crippen LogP contribution >= 0.6 is 23.4 Å². The first-order valence-corrected chi connectivity index (χ1v) is 12.0. The number of halogens is 1. The number of carbonyl (C=O) groups excluding carboxylic acids is 1. The van der Waals surface area contributed by atoms with Gasteiger partial charge in [-0.3, -0.25) is 4.79 Å². The van der Waals surface area contributed by atoms with E-state index in [1.54, 1.807) is 47.0 Å². The van der Waals surface area contributed by atoms with E-state index in [2.05, 4.69) is 0 Å². The highest BCUT2D eigenvalue weighted by Crippen LogP contribution is 2.37. The Hall–Kier alpha value is -1.50. The van der Waals surface area contributed by atoms with Crippen LogP contribution in [0.2, 0.25) is 5.02 Å². The van der Waals surface area contributed by atoms with Gasteiger partial charge >= 0.3 is 0 Å². The second-order valence-electron chi connectivity index (χ2n) is 6.43. The molecule has 3 rings (SSSR count). The maximum Gasteiger partial charge on any atom is 0.223 e. The third kappa shape index (κ3) is 5.27. The molecule has 0 unspecified atom stereocenters. The fourth-order valence-electron chi connectivity index (χ4n) is 3.13. The molecule has 0 bridgehead atoms. The molecule has 1 atom stereocenters. The number of carbonyl (C=O) groups is 1. The van der Waals surface area contributed by atoms with Crippen LogP contribution in [-0.4, -0.2) is 43.8 Å². The molecule has 0 spiro atoms. The summed E-state index contributed by atoms with van der Waals surface area (Å²) in [7, 11) is -3.43. The maximum atomic E-state index is 12.6. The summed E-state index contributed by atoms with van der Waals surface area (Å²) in [6.45, 7) is 1.25. The van der Waals surface area contributed by atoms with Crippen molar-refractivity contribution in [1.29, 1.82) is 0 Å². The molecule has 0 aliphatic carbocycles. The maximum absolute atomic E-state index is 12.6. The molecule has 27 heavy (non-hydrogen) atoms. The number of hydrogen-bond acceptors (Lipinski definition) is 4. The summed E-state index contributed by atoms with van der Waals surface area (Å²) in [6.07, 6.45) is 0.824. The zero-order chi connectivity index (χ0) is 19.3. The molecule has 1 amide bonds. The zero-order valence-corrected chi connectivity index (χ0v) is 17.3. The van der Waals surface area contributed by atoms with E-state index in [1.165, 1.54) is 0 Å². The molecule has 0 radical (unpaired) electrons. The topological polar surface area (TPSA) is 54.5 Å². The molecular formula is C20H22ClNO3S2. The lowest BCUT2D eigenvalue weighted by Crippen LogP contribution is -2.34. The van der Waals surface area contributed by atoms with Crippen molar-refractivity contribution in [1.82, 2.24) is 4.90 Å². The van der Waals surface area contributed by atoms with Gasteiger partial charge in [-0.25, -0.2) is 8.42 Å². The zero-order valence-electron chi connectivity index (χ0n) is 14.9. The van der Waals surface area contributed by atoms with Crippen molar-refractivity contribution in [3.05, 3.63) is 65.2 Å². The van der Waals surface area contributed by atoms with E-state index in [0.717, 1.165) is 22.8 Å². The fraction of sp³-hybridized carbons (Fsp3) is 0.350. The first kappa shape index (κ1) is 20.2. The Bertz CT molecular complexity index is 887. The van der Waals surface area contributed by atoms with Gasteiger partial charge in [-0.15, -0.1) is 0 Å². The van der Waals surface area contributed by atoms with E-state index in [-0.39, 0.29) is 28.2 Å². The van der Waals surface area contributed by atoms with Crippen LogP contribution in [0.4, 0.5) is 0 Å². The van der Waals surface area contributed by atoms with E-state index in [4.69, 9.17) is 11.6 Å². The van der Waals surface area contributed by atoms with Crippen LogP contribution in [0.1, 0.15) is 23.7 Å². The highest BCUT2D eigenvalue weighted by Gasteiger charge is 2.24. The van der Waals surface area contributed by atoms with Crippen molar-refractivity contribution in [3.63, 3.8) is 0 Å². The van der Waals surface area contributed by atoms with Gasteiger partial charge in [0.2, 0.25) is 5.91 Å². The Morgan fingerprint density at radius 3 is 2.52 bits per heavy atom. The molecule has 0 aromatic heterocycles. The molecule has 144 valence electrons. The van der Waals surface area contributed by atoms with Crippen LogP contribution in [0.5, 0.6) is 0 Å². The van der Waals surface area contributed by atoms with Crippen LogP contribution in [0.15, 0.2) is 59.5 Å². The van der Waals surface area contributed by atoms with E-state index in [9.17, 15) is 13.2 Å². The van der Waals surface area contributed by atoms with Crippen LogP contribution in [-0.2, 0) is 14.6 Å². The average molecular weight is 424 g/mol. The third-order valence-corrected chi connectivity index (χ3v) is 8.02. The van der Waals surface area contributed by atoms with Gasteiger partial charge in [0, 0.05) is 35.5 Å². The lowest BCUT2D eigenvalue weighted by atomic mass is 10.1. The van der Waals surface area contributed by atoms with Gasteiger partial charge in [-0.05, 0) is 30.2 Å². The molecule has 2 aromatic rings. The molecule has 0 N–H and O–H groups in total. The Labute approximate surface area is 169 Å². The van der Waals surface area contributed by atoms with Gasteiger partial charge in [0.05, 0.1) is 10.6 Å². The first-order chi connectivity index (χ1) is 13.0. The number of amides is 1. The lowest BCUT2D eigenvalue weighted by molar-refractivity contribution is -0.130. The first-order valence-electron chi connectivity index (χ1n) is 8.89. The van der Waals surface area contributed by atoms with Crippen LogP contribution in [0.3, 0.4) is 0 Å². The highest BCUT2D eigenvalue weighted by atomic mass is 35.5. The molecule has 7 heteroatoms. The van der Waals surface area contributed by atoms with Crippen molar-refractivity contribution in [2.75, 3.05) is 24.6 Å².